The zero-order chi connectivity index (χ0) is 13.8. The number of nitrogens with zero attached hydrogens (tertiary/aromatic N) is 2. The zero-order valence-corrected chi connectivity index (χ0v) is 11.8. The molecule has 0 aliphatic heterocycles. The van der Waals surface area contributed by atoms with E-state index in [1.54, 1.807) is 0 Å². The highest BCUT2D eigenvalue weighted by Crippen LogP contribution is 2.38. The summed E-state index contributed by atoms with van der Waals surface area (Å²) in [4.78, 5) is 16.2. The molecule has 106 valence electrons. The molecule has 2 rings (SSSR count). The summed E-state index contributed by atoms with van der Waals surface area (Å²) in [5.41, 5.74) is 0. The van der Waals surface area contributed by atoms with Gasteiger partial charge in [-0.15, -0.1) is 0 Å². The van der Waals surface area contributed by atoms with Gasteiger partial charge in [-0.25, -0.2) is 0 Å². The number of hydrogen-bond donors (Lipinski definition) is 2. The van der Waals surface area contributed by atoms with Crippen molar-refractivity contribution in [2.75, 3.05) is 13.6 Å². The molecule has 1 aliphatic carbocycles. The van der Waals surface area contributed by atoms with Gasteiger partial charge in [0.15, 0.2) is 5.82 Å². The Morgan fingerprint density at radius 1 is 1.47 bits per heavy atom. The van der Waals surface area contributed by atoms with Crippen LogP contribution in [0.25, 0.3) is 0 Å². The molecule has 1 aliphatic rings. The minimum atomic E-state index is -0.204. The van der Waals surface area contributed by atoms with Crippen molar-refractivity contribution in [3.05, 3.63) is 11.7 Å². The molecule has 1 fully saturated rings. The Morgan fingerprint density at radius 2 is 2.21 bits per heavy atom. The summed E-state index contributed by atoms with van der Waals surface area (Å²) in [5.74, 6) is 1.98. The molecule has 19 heavy (non-hydrogen) atoms. The van der Waals surface area contributed by atoms with E-state index in [9.17, 15) is 4.79 Å². The van der Waals surface area contributed by atoms with Gasteiger partial charge in [0.1, 0.15) is 6.04 Å². The number of carbonyl (C=O) groups excluding carboxylic acids is 1. The minimum Gasteiger partial charge on any atom is -0.344 e. The Morgan fingerprint density at radius 3 is 2.79 bits per heavy atom. The first-order chi connectivity index (χ1) is 9.11. The molecule has 0 saturated heterocycles. The van der Waals surface area contributed by atoms with Crippen molar-refractivity contribution >= 4 is 5.91 Å². The Bertz CT molecular complexity index is 426. The van der Waals surface area contributed by atoms with Gasteiger partial charge < -0.3 is 15.2 Å². The number of aromatic nitrogens is 2. The van der Waals surface area contributed by atoms with Gasteiger partial charge in [0.2, 0.25) is 11.8 Å². The highest BCUT2D eigenvalue weighted by atomic mass is 16.5. The molecule has 1 amide bonds. The molecule has 1 aromatic rings. The van der Waals surface area contributed by atoms with Crippen molar-refractivity contribution in [3.8, 4) is 0 Å². The summed E-state index contributed by atoms with van der Waals surface area (Å²) in [5, 5.41) is 9.92. The van der Waals surface area contributed by atoms with Crippen LogP contribution in [0.1, 0.15) is 56.8 Å². The van der Waals surface area contributed by atoms with E-state index in [4.69, 9.17) is 4.52 Å². The van der Waals surface area contributed by atoms with Crippen LogP contribution in [-0.2, 0) is 4.79 Å². The highest BCUT2D eigenvalue weighted by molar-refractivity contribution is 5.76. The summed E-state index contributed by atoms with van der Waals surface area (Å²) in [7, 11) is 1.83. The van der Waals surface area contributed by atoms with Crippen LogP contribution >= 0.6 is 0 Å². The molecule has 0 aromatic carbocycles. The molecule has 2 N–H and O–H groups in total. The predicted molar refractivity (Wildman–Crippen MR) is 70.5 cm³/mol. The van der Waals surface area contributed by atoms with E-state index in [-0.39, 0.29) is 17.9 Å². The van der Waals surface area contributed by atoms with Crippen LogP contribution < -0.4 is 10.6 Å². The van der Waals surface area contributed by atoms with Crippen LogP contribution in [0.3, 0.4) is 0 Å². The Balaban J connectivity index is 1.99. The van der Waals surface area contributed by atoms with Crippen molar-refractivity contribution in [3.63, 3.8) is 0 Å². The second kappa shape index (κ2) is 6.14. The van der Waals surface area contributed by atoms with E-state index in [1.165, 1.54) is 0 Å². The smallest absolute Gasteiger partial charge is 0.249 e. The molecule has 0 radical (unpaired) electrons. The molecule has 6 nitrogen and oxygen atoms in total. The third-order valence-corrected chi connectivity index (χ3v) is 3.25. The lowest BCUT2D eigenvalue weighted by Crippen LogP contribution is -2.33. The van der Waals surface area contributed by atoms with Crippen molar-refractivity contribution in [1.29, 1.82) is 0 Å². The number of amides is 1. The van der Waals surface area contributed by atoms with E-state index in [1.807, 2.05) is 20.9 Å². The third-order valence-electron chi connectivity index (χ3n) is 3.25. The number of hydrogen-bond acceptors (Lipinski definition) is 5. The van der Waals surface area contributed by atoms with Crippen LogP contribution in [0.2, 0.25) is 0 Å². The van der Waals surface area contributed by atoms with E-state index in [0.29, 0.717) is 24.8 Å². The third kappa shape index (κ3) is 3.76. The van der Waals surface area contributed by atoms with Gasteiger partial charge in [0.05, 0.1) is 0 Å². The first-order valence-corrected chi connectivity index (χ1v) is 6.89. The van der Waals surface area contributed by atoms with Gasteiger partial charge in [-0.2, -0.15) is 4.98 Å². The number of carbonyl (C=O) groups is 1. The largest absolute Gasteiger partial charge is 0.344 e. The van der Waals surface area contributed by atoms with Gasteiger partial charge in [0, 0.05) is 18.9 Å². The van der Waals surface area contributed by atoms with E-state index >= 15 is 0 Å². The Kier molecular flexibility index (Phi) is 4.52. The fraction of sp³-hybridized carbons (Fsp3) is 0.769. The number of rotatable bonds is 7. The quantitative estimate of drug-likeness (QED) is 0.779. The summed E-state index contributed by atoms with van der Waals surface area (Å²) in [6.45, 7) is 4.72. The second-order valence-corrected chi connectivity index (χ2v) is 5.41. The van der Waals surface area contributed by atoms with E-state index in [0.717, 1.165) is 18.7 Å². The molecule has 0 spiro atoms. The van der Waals surface area contributed by atoms with Gasteiger partial charge in [-0.05, 0) is 25.8 Å². The molecular formula is C13H22N4O2. The Hall–Kier alpha value is -1.43. The van der Waals surface area contributed by atoms with Crippen molar-refractivity contribution in [1.82, 2.24) is 20.8 Å². The molecule has 1 atom stereocenters. The SMILES string of the molecule is CNCCC(=O)NC(c1nc(C2CC2)no1)C(C)C. The van der Waals surface area contributed by atoms with Crippen LogP contribution in [0.15, 0.2) is 4.52 Å². The monoisotopic (exact) mass is 266 g/mol. The van der Waals surface area contributed by atoms with Crippen molar-refractivity contribution in [2.24, 2.45) is 5.92 Å². The van der Waals surface area contributed by atoms with Crippen molar-refractivity contribution < 1.29 is 9.32 Å². The topological polar surface area (TPSA) is 80.0 Å². The maximum atomic E-state index is 11.8. The normalized spacial score (nSPS) is 16.6. The molecule has 1 aromatic heterocycles. The molecule has 1 unspecified atom stereocenters. The Labute approximate surface area is 113 Å². The fourth-order valence-corrected chi connectivity index (χ4v) is 1.88. The summed E-state index contributed by atoms with van der Waals surface area (Å²) in [6.07, 6.45) is 2.73. The summed E-state index contributed by atoms with van der Waals surface area (Å²) >= 11 is 0. The summed E-state index contributed by atoms with van der Waals surface area (Å²) < 4.78 is 5.30. The van der Waals surface area contributed by atoms with Crippen molar-refractivity contribution in [2.45, 2.75) is 45.1 Å². The van der Waals surface area contributed by atoms with E-state index in [2.05, 4.69) is 20.8 Å². The lowest BCUT2D eigenvalue weighted by Gasteiger charge is -2.18. The van der Waals surface area contributed by atoms with Gasteiger partial charge in [-0.1, -0.05) is 19.0 Å². The van der Waals surface area contributed by atoms with E-state index < -0.39 is 0 Å². The van der Waals surface area contributed by atoms with Crippen LogP contribution in [0.4, 0.5) is 0 Å². The first kappa shape index (κ1) is 14.0. The maximum absolute atomic E-state index is 11.8. The van der Waals surface area contributed by atoms with Crippen LogP contribution in [0.5, 0.6) is 0 Å². The average Bonchev–Trinajstić information content (AvgIpc) is 3.12. The molecular weight excluding hydrogens is 244 g/mol. The lowest BCUT2D eigenvalue weighted by atomic mass is 10.0. The van der Waals surface area contributed by atoms with Gasteiger partial charge in [-0.3, -0.25) is 4.79 Å². The zero-order valence-electron chi connectivity index (χ0n) is 11.8. The average molecular weight is 266 g/mol. The fourth-order valence-electron chi connectivity index (χ4n) is 1.88. The molecule has 0 bridgehead atoms. The highest BCUT2D eigenvalue weighted by Gasteiger charge is 2.31. The molecule has 1 heterocycles. The predicted octanol–water partition coefficient (Wildman–Crippen LogP) is 1.37. The van der Waals surface area contributed by atoms with Gasteiger partial charge in [0.25, 0.3) is 0 Å². The second-order valence-electron chi connectivity index (χ2n) is 5.41. The molecule has 6 heteroatoms. The minimum absolute atomic E-state index is 0.000720. The number of nitrogens with one attached hydrogen (secondary N) is 2. The maximum Gasteiger partial charge on any atom is 0.249 e. The first-order valence-electron chi connectivity index (χ1n) is 6.89. The summed E-state index contributed by atoms with van der Waals surface area (Å²) in [6, 6.07) is -0.204. The molecule has 1 saturated carbocycles. The van der Waals surface area contributed by atoms with Gasteiger partial charge >= 0.3 is 0 Å². The lowest BCUT2D eigenvalue weighted by molar-refractivity contribution is -0.122. The van der Waals surface area contributed by atoms with Crippen LogP contribution in [0, 0.1) is 5.92 Å². The standard InChI is InChI=1S/C13H22N4O2/c1-8(2)11(15-10(18)6-7-14-3)13-16-12(17-19-13)9-4-5-9/h8-9,11,14H,4-7H2,1-3H3,(H,15,18). The van der Waals surface area contributed by atoms with Crippen LogP contribution in [-0.4, -0.2) is 29.6 Å².